The van der Waals surface area contributed by atoms with Gasteiger partial charge >= 0.3 is 0 Å². The molecule has 0 amide bonds. The molecule has 3 nitrogen and oxygen atoms in total. The summed E-state index contributed by atoms with van der Waals surface area (Å²) in [5, 5.41) is 3.58. The van der Waals surface area contributed by atoms with Crippen molar-refractivity contribution in [2.75, 3.05) is 11.9 Å². The van der Waals surface area contributed by atoms with Crippen LogP contribution in [0.25, 0.3) is 0 Å². The molecular weight excluding hydrogens is 234 g/mol. The molecule has 1 saturated carbocycles. The van der Waals surface area contributed by atoms with Gasteiger partial charge in [0.2, 0.25) is 0 Å². The van der Waals surface area contributed by atoms with Gasteiger partial charge in [0.05, 0.1) is 0 Å². The number of rotatable bonds is 5. The lowest BCUT2D eigenvalue weighted by atomic mass is 9.87. The Bertz CT molecular complexity index is 418. The summed E-state index contributed by atoms with van der Waals surface area (Å²) in [6.07, 6.45) is 4.54. The van der Waals surface area contributed by atoms with Crippen LogP contribution in [-0.4, -0.2) is 24.1 Å². The van der Waals surface area contributed by atoms with Crippen molar-refractivity contribution < 1.29 is 0 Å². The van der Waals surface area contributed by atoms with E-state index >= 15 is 0 Å². The molecule has 0 aromatic carbocycles. The van der Waals surface area contributed by atoms with Crippen LogP contribution in [0.2, 0.25) is 0 Å². The van der Waals surface area contributed by atoms with E-state index in [2.05, 4.69) is 56.0 Å². The van der Waals surface area contributed by atoms with Crippen LogP contribution >= 0.6 is 0 Å². The van der Waals surface area contributed by atoms with Gasteiger partial charge in [-0.2, -0.15) is 0 Å². The topological polar surface area (TPSA) is 28.2 Å². The molecule has 1 aromatic rings. The second-order valence-corrected chi connectivity index (χ2v) is 6.79. The maximum absolute atomic E-state index is 4.60. The molecule has 1 aliphatic rings. The van der Waals surface area contributed by atoms with Gasteiger partial charge in [0.25, 0.3) is 0 Å². The zero-order valence-corrected chi connectivity index (χ0v) is 12.9. The Morgan fingerprint density at radius 1 is 1.42 bits per heavy atom. The van der Waals surface area contributed by atoms with E-state index in [1.54, 1.807) is 0 Å². The monoisotopic (exact) mass is 261 g/mol. The van der Waals surface area contributed by atoms with Gasteiger partial charge in [-0.25, -0.2) is 4.98 Å². The van der Waals surface area contributed by atoms with Crippen LogP contribution in [0.4, 0.5) is 5.82 Å². The molecule has 1 heterocycles. The van der Waals surface area contributed by atoms with Crippen molar-refractivity contribution in [3.8, 4) is 0 Å². The van der Waals surface area contributed by atoms with E-state index in [4.69, 9.17) is 0 Å². The predicted octanol–water partition coefficient (Wildman–Crippen LogP) is 3.20. The number of hydrogen-bond acceptors (Lipinski definition) is 3. The van der Waals surface area contributed by atoms with Crippen molar-refractivity contribution in [2.24, 2.45) is 5.41 Å². The Kier molecular flexibility index (Phi) is 4.14. The molecule has 19 heavy (non-hydrogen) atoms. The van der Waals surface area contributed by atoms with E-state index in [0.29, 0.717) is 6.04 Å². The quantitative estimate of drug-likeness (QED) is 0.882. The first-order valence-corrected chi connectivity index (χ1v) is 7.29. The Morgan fingerprint density at radius 2 is 2.11 bits per heavy atom. The average Bonchev–Trinajstić information content (AvgIpc) is 3.18. The van der Waals surface area contributed by atoms with Crippen LogP contribution in [0.3, 0.4) is 0 Å². The fraction of sp³-hybridized carbons (Fsp3) is 0.688. The highest BCUT2D eigenvalue weighted by Crippen LogP contribution is 2.28. The van der Waals surface area contributed by atoms with E-state index in [9.17, 15) is 0 Å². The maximum Gasteiger partial charge on any atom is 0.133 e. The second kappa shape index (κ2) is 5.49. The van der Waals surface area contributed by atoms with Crippen molar-refractivity contribution in [1.29, 1.82) is 0 Å². The van der Waals surface area contributed by atoms with Gasteiger partial charge in [0.15, 0.2) is 0 Å². The third kappa shape index (κ3) is 3.69. The average molecular weight is 261 g/mol. The minimum absolute atomic E-state index is 0.244. The Hall–Kier alpha value is -1.09. The number of pyridine rings is 1. The van der Waals surface area contributed by atoms with Crippen molar-refractivity contribution in [2.45, 2.75) is 59.2 Å². The predicted molar refractivity (Wildman–Crippen MR) is 81.4 cm³/mol. The molecular formula is C16H27N3. The number of nitrogens with zero attached hydrogens (tertiary/aromatic N) is 2. The zero-order valence-electron chi connectivity index (χ0n) is 12.9. The summed E-state index contributed by atoms with van der Waals surface area (Å²) < 4.78 is 0. The second-order valence-electron chi connectivity index (χ2n) is 6.79. The van der Waals surface area contributed by atoms with Crippen LogP contribution in [0.5, 0.6) is 0 Å². The highest BCUT2D eigenvalue weighted by molar-refractivity contribution is 5.47. The van der Waals surface area contributed by atoms with Gasteiger partial charge in [0.1, 0.15) is 5.82 Å². The highest BCUT2D eigenvalue weighted by Gasteiger charge is 2.26. The van der Waals surface area contributed by atoms with E-state index in [0.717, 1.165) is 18.4 Å². The molecule has 0 bridgehead atoms. The molecule has 1 unspecified atom stereocenters. The lowest BCUT2D eigenvalue weighted by molar-refractivity contribution is 0.328. The normalized spacial score (nSPS) is 17.3. The third-order valence-electron chi connectivity index (χ3n) is 4.19. The fourth-order valence-corrected chi connectivity index (χ4v) is 2.19. The Balaban J connectivity index is 2.13. The molecule has 0 radical (unpaired) electrons. The number of nitrogens with one attached hydrogen (secondary N) is 1. The number of anilines is 1. The van der Waals surface area contributed by atoms with Gasteiger partial charge in [-0.3, -0.25) is 0 Å². The van der Waals surface area contributed by atoms with Crippen LogP contribution < -0.4 is 10.2 Å². The van der Waals surface area contributed by atoms with E-state index in [-0.39, 0.29) is 5.41 Å². The summed E-state index contributed by atoms with van der Waals surface area (Å²) in [4.78, 5) is 6.91. The van der Waals surface area contributed by atoms with Crippen molar-refractivity contribution in [1.82, 2.24) is 10.3 Å². The number of aromatic nitrogens is 1. The molecule has 3 heteroatoms. The van der Waals surface area contributed by atoms with Crippen LogP contribution in [-0.2, 0) is 6.54 Å². The third-order valence-corrected chi connectivity index (χ3v) is 4.19. The number of hydrogen-bond donors (Lipinski definition) is 1. The van der Waals surface area contributed by atoms with Crippen molar-refractivity contribution >= 4 is 5.82 Å². The molecule has 0 saturated heterocycles. The fourth-order valence-electron chi connectivity index (χ4n) is 2.19. The molecule has 0 spiro atoms. The minimum Gasteiger partial charge on any atom is -0.356 e. The zero-order chi connectivity index (χ0) is 14.0. The summed E-state index contributed by atoms with van der Waals surface area (Å²) in [7, 11) is 2.15. The summed E-state index contributed by atoms with van der Waals surface area (Å²) in [5.74, 6) is 1.11. The lowest BCUT2D eigenvalue weighted by Crippen LogP contribution is -2.40. The van der Waals surface area contributed by atoms with Crippen molar-refractivity contribution in [3.05, 3.63) is 23.9 Å². The molecule has 1 atom stereocenters. The minimum atomic E-state index is 0.244. The molecule has 1 aromatic heterocycles. The summed E-state index contributed by atoms with van der Waals surface area (Å²) in [6.45, 7) is 10.0. The standard InChI is InChI=1S/C16H27N3/c1-12(16(2,3)4)19(5)15-13(7-6-10-17-15)11-18-14-8-9-14/h6-7,10,12,14,18H,8-9,11H2,1-5H3. The van der Waals surface area contributed by atoms with Gasteiger partial charge in [-0.1, -0.05) is 26.8 Å². The first-order valence-electron chi connectivity index (χ1n) is 7.29. The van der Waals surface area contributed by atoms with Gasteiger partial charge in [-0.15, -0.1) is 0 Å². The first kappa shape index (κ1) is 14.3. The highest BCUT2D eigenvalue weighted by atomic mass is 15.2. The molecule has 0 aliphatic heterocycles. The SMILES string of the molecule is CC(N(C)c1ncccc1CNC1CC1)C(C)(C)C. The molecule has 1 fully saturated rings. The smallest absolute Gasteiger partial charge is 0.133 e. The van der Waals surface area contributed by atoms with Crippen LogP contribution in [0.15, 0.2) is 18.3 Å². The summed E-state index contributed by atoms with van der Waals surface area (Å²) in [6, 6.07) is 5.40. The largest absolute Gasteiger partial charge is 0.356 e. The molecule has 2 rings (SSSR count). The summed E-state index contributed by atoms with van der Waals surface area (Å²) in [5.41, 5.74) is 1.54. The van der Waals surface area contributed by atoms with Gasteiger partial charge in [0, 0.05) is 37.4 Å². The van der Waals surface area contributed by atoms with Gasteiger partial charge < -0.3 is 10.2 Å². The lowest BCUT2D eigenvalue weighted by Gasteiger charge is -2.37. The van der Waals surface area contributed by atoms with Crippen molar-refractivity contribution in [3.63, 3.8) is 0 Å². The van der Waals surface area contributed by atoms with Gasteiger partial charge in [-0.05, 0) is 31.2 Å². The molecule has 106 valence electrons. The Labute approximate surface area is 117 Å². The van der Waals surface area contributed by atoms with Crippen LogP contribution in [0, 0.1) is 5.41 Å². The first-order chi connectivity index (χ1) is 8.89. The maximum atomic E-state index is 4.60. The molecule has 1 aliphatic carbocycles. The van der Waals surface area contributed by atoms with E-state index in [1.807, 2.05) is 12.3 Å². The van der Waals surface area contributed by atoms with Crippen LogP contribution in [0.1, 0.15) is 46.1 Å². The van der Waals surface area contributed by atoms with E-state index < -0.39 is 0 Å². The Morgan fingerprint density at radius 3 is 2.68 bits per heavy atom. The van der Waals surface area contributed by atoms with E-state index in [1.165, 1.54) is 18.4 Å². The summed E-state index contributed by atoms with van der Waals surface area (Å²) >= 11 is 0. The molecule has 1 N–H and O–H groups in total.